The SMILES string of the molecule is C=CCc1cc([N+](=O)[O-])ccc1OCC(=O)NCc1ccccc1C. The fraction of sp³-hybridized carbons (Fsp3) is 0.211. The lowest BCUT2D eigenvalue weighted by Crippen LogP contribution is -2.28. The predicted octanol–water partition coefficient (Wildman–Crippen LogP) is 3.33. The van der Waals surface area contributed by atoms with Gasteiger partial charge >= 0.3 is 0 Å². The molecule has 0 bridgehead atoms. The summed E-state index contributed by atoms with van der Waals surface area (Å²) in [5, 5.41) is 13.7. The molecule has 0 saturated heterocycles. The average molecular weight is 340 g/mol. The quantitative estimate of drug-likeness (QED) is 0.454. The predicted molar refractivity (Wildman–Crippen MR) is 95.5 cm³/mol. The minimum absolute atomic E-state index is 0.0202. The van der Waals surface area contributed by atoms with E-state index in [9.17, 15) is 14.9 Å². The molecule has 0 saturated carbocycles. The van der Waals surface area contributed by atoms with Gasteiger partial charge in [0.2, 0.25) is 0 Å². The Kier molecular flexibility index (Phi) is 6.28. The van der Waals surface area contributed by atoms with Gasteiger partial charge in [-0.25, -0.2) is 0 Å². The van der Waals surface area contributed by atoms with Crippen LogP contribution in [0.2, 0.25) is 0 Å². The molecule has 0 aliphatic heterocycles. The van der Waals surface area contributed by atoms with Crippen LogP contribution in [0.4, 0.5) is 5.69 Å². The second kappa shape index (κ2) is 8.63. The van der Waals surface area contributed by atoms with Crippen molar-refractivity contribution in [2.45, 2.75) is 19.9 Å². The van der Waals surface area contributed by atoms with Gasteiger partial charge in [0.25, 0.3) is 11.6 Å². The summed E-state index contributed by atoms with van der Waals surface area (Å²) < 4.78 is 5.52. The largest absolute Gasteiger partial charge is 0.483 e. The molecule has 0 aliphatic carbocycles. The number of rotatable bonds is 8. The highest BCUT2D eigenvalue weighted by Crippen LogP contribution is 2.25. The number of ether oxygens (including phenoxy) is 1. The minimum atomic E-state index is -0.467. The molecule has 1 amide bonds. The maximum absolute atomic E-state index is 12.0. The minimum Gasteiger partial charge on any atom is -0.483 e. The lowest BCUT2D eigenvalue weighted by molar-refractivity contribution is -0.384. The highest BCUT2D eigenvalue weighted by molar-refractivity contribution is 5.77. The van der Waals surface area contributed by atoms with Gasteiger partial charge in [-0.15, -0.1) is 6.58 Å². The number of allylic oxidation sites excluding steroid dienone is 1. The Morgan fingerprint density at radius 3 is 2.72 bits per heavy atom. The van der Waals surface area contributed by atoms with Gasteiger partial charge < -0.3 is 10.1 Å². The molecule has 130 valence electrons. The Labute approximate surface area is 146 Å². The van der Waals surface area contributed by atoms with E-state index >= 15 is 0 Å². The van der Waals surface area contributed by atoms with Crippen LogP contribution in [0.15, 0.2) is 55.1 Å². The fourth-order valence-electron chi connectivity index (χ4n) is 2.33. The lowest BCUT2D eigenvalue weighted by Gasteiger charge is -2.11. The van der Waals surface area contributed by atoms with Crippen LogP contribution in [-0.4, -0.2) is 17.4 Å². The van der Waals surface area contributed by atoms with E-state index in [0.29, 0.717) is 24.3 Å². The van der Waals surface area contributed by atoms with Crippen LogP contribution < -0.4 is 10.1 Å². The van der Waals surface area contributed by atoms with Crippen molar-refractivity contribution >= 4 is 11.6 Å². The number of nitro benzene ring substituents is 1. The molecular formula is C19H20N2O4. The van der Waals surface area contributed by atoms with E-state index < -0.39 is 4.92 Å². The second-order valence-electron chi connectivity index (χ2n) is 5.53. The van der Waals surface area contributed by atoms with Crippen LogP contribution in [0.1, 0.15) is 16.7 Å². The topological polar surface area (TPSA) is 81.5 Å². The maximum Gasteiger partial charge on any atom is 0.269 e. The Morgan fingerprint density at radius 1 is 1.28 bits per heavy atom. The third kappa shape index (κ3) is 5.17. The summed E-state index contributed by atoms with van der Waals surface area (Å²) in [6.45, 7) is 5.88. The number of hydrogen-bond acceptors (Lipinski definition) is 4. The molecule has 6 nitrogen and oxygen atoms in total. The molecule has 0 aromatic heterocycles. The van der Waals surface area contributed by atoms with Crippen LogP contribution >= 0.6 is 0 Å². The van der Waals surface area contributed by atoms with E-state index in [-0.39, 0.29) is 18.2 Å². The van der Waals surface area contributed by atoms with E-state index in [1.807, 2.05) is 31.2 Å². The van der Waals surface area contributed by atoms with Gasteiger partial charge in [0, 0.05) is 24.2 Å². The zero-order chi connectivity index (χ0) is 18.2. The summed E-state index contributed by atoms with van der Waals surface area (Å²) in [6, 6.07) is 12.1. The number of nitrogens with zero attached hydrogens (tertiary/aromatic N) is 1. The number of benzene rings is 2. The molecule has 1 N–H and O–H groups in total. The molecule has 0 aliphatic rings. The Bertz CT molecular complexity index is 787. The van der Waals surface area contributed by atoms with Gasteiger partial charge in [0.05, 0.1) is 4.92 Å². The van der Waals surface area contributed by atoms with Crippen molar-refractivity contribution in [2.24, 2.45) is 0 Å². The molecule has 0 fully saturated rings. The van der Waals surface area contributed by atoms with Crippen LogP contribution in [0.3, 0.4) is 0 Å². The average Bonchev–Trinajstić information content (AvgIpc) is 2.60. The summed E-state index contributed by atoms with van der Waals surface area (Å²) in [5.74, 6) is 0.183. The van der Waals surface area contributed by atoms with Gasteiger partial charge in [-0.2, -0.15) is 0 Å². The summed E-state index contributed by atoms with van der Waals surface area (Å²) in [6.07, 6.45) is 2.05. The first kappa shape index (κ1) is 18.2. The zero-order valence-corrected chi connectivity index (χ0v) is 14.0. The number of carbonyl (C=O) groups is 1. The van der Waals surface area contributed by atoms with E-state index in [0.717, 1.165) is 11.1 Å². The first-order valence-corrected chi connectivity index (χ1v) is 7.83. The van der Waals surface area contributed by atoms with E-state index in [4.69, 9.17) is 4.74 Å². The molecular weight excluding hydrogens is 320 g/mol. The van der Waals surface area contributed by atoms with Crippen molar-refractivity contribution < 1.29 is 14.5 Å². The van der Waals surface area contributed by atoms with Crippen LogP contribution in [0.5, 0.6) is 5.75 Å². The summed E-state index contributed by atoms with van der Waals surface area (Å²) >= 11 is 0. The van der Waals surface area contributed by atoms with Gasteiger partial charge in [-0.1, -0.05) is 30.3 Å². The molecule has 0 radical (unpaired) electrons. The van der Waals surface area contributed by atoms with Crippen LogP contribution in [-0.2, 0) is 17.8 Å². The number of non-ortho nitro benzene ring substituents is 1. The molecule has 2 rings (SSSR count). The van der Waals surface area contributed by atoms with Crippen molar-refractivity contribution in [3.8, 4) is 5.75 Å². The third-order valence-corrected chi connectivity index (χ3v) is 3.72. The fourth-order valence-corrected chi connectivity index (χ4v) is 2.33. The lowest BCUT2D eigenvalue weighted by atomic mass is 10.1. The summed E-state index contributed by atoms with van der Waals surface area (Å²) in [7, 11) is 0. The monoisotopic (exact) mass is 340 g/mol. The van der Waals surface area contributed by atoms with Gasteiger partial charge in [-0.05, 0) is 30.5 Å². The first-order valence-electron chi connectivity index (χ1n) is 7.83. The molecule has 2 aromatic rings. The third-order valence-electron chi connectivity index (χ3n) is 3.72. The number of aryl methyl sites for hydroxylation is 1. The van der Waals surface area contributed by atoms with Gasteiger partial charge in [-0.3, -0.25) is 14.9 Å². The number of nitro groups is 1. The Balaban J connectivity index is 1.95. The molecule has 0 heterocycles. The van der Waals surface area contributed by atoms with Crippen LogP contribution in [0, 0.1) is 17.0 Å². The van der Waals surface area contributed by atoms with Crippen molar-refractivity contribution in [1.29, 1.82) is 0 Å². The standard InChI is InChI=1S/C19H20N2O4/c1-3-6-15-11-17(21(23)24)9-10-18(15)25-13-19(22)20-12-16-8-5-4-7-14(16)2/h3-5,7-11H,1,6,12-13H2,2H3,(H,20,22). The molecule has 6 heteroatoms. The highest BCUT2D eigenvalue weighted by Gasteiger charge is 2.12. The summed E-state index contributed by atoms with van der Waals surface area (Å²) in [5.41, 5.74) is 2.75. The first-order chi connectivity index (χ1) is 12.0. The molecule has 0 unspecified atom stereocenters. The zero-order valence-electron chi connectivity index (χ0n) is 14.0. The number of carbonyl (C=O) groups excluding carboxylic acids is 1. The van der Waals surface area contributed by atoms with Crippen molar-refractivity contribution in [3.63, 3.8) is 0 Å². The number of hydrogen-bond donors (Lipinski definition) is 1. The van der Waals surface area contributed by atoms with E-state index in [2.05, 4.69) is 11.9 Å². The number of amides is 1. The normalized spacial score (nSPS) is 10.1. The van der Waals surface area contributed by atoms with E-state index in [1.54, 1.807) is 6.08 Å². The van der Waals surface area contributed by atoms with Gasteiger partial charge in [0.15, 0.2) is 6.61 Å². The number of nitrogens with one attached hydrogen (secondary N) is 1. The van der Waals surface area contributed by atoms with Crippen molar-refractivity contribution in [2.75, 3.05) is 6.61 Å². The molecule has 2 aromatic carbocycles. The highest BCUT2D eigenvalue weighted by atomic mass is 16.6. The molecule has 25 heavy (non-hydrogen) atoms. The Hall–Kier alpha value is -3.15. The van der Waals surface area contributed by atoms with Crippen LogP contribution in [0.25, 0.3) is 0 Å². The molecule has 0 atom stereocenters. The summed E-state index contributed by atoms with van der Waals surface area (Å²) in [4.78, 5) is 22.4. The molecule has 0 spiro atoms. The maximum atomic E-state index is 12.0. The van der Waals surface area contributed by atoms with Gasteiger partial charge in [0.1, 0.15) is 5.75 Å². The second-order valence-corrected chi connectivity index (χ2v) is 5.53. The van der Waals surface area contributed by atoms with Crippen molar-refractivity contribution in [3.05, 3.63) is 81.9 Å². The van der Waals surface area contributed by atoms with Crippen molar-refractivity contribution in [1.82, 2.24) is 5.32 Å². The van der Waals surface area contributed by atoms with E-state index in [1.165, 1.54) is 18.2 Å². The smallest absolute Gasteiger partial charge is 0.269 e. The Morgan fingerprint density at radius 2 is 2.04 bits per heavy atom.